The number of nitrogens with zero attached hydrogens (tertiary/aromatic N) is 2. The van der Waals surface area contributed by atoms with Gasteiger partial charge in [-0.3, -0.25) is 0 Å². The highest BCUT2D eigenvalue weighted by atomic mass is 16.6. The fourth-order valence-electron chi connectivity index (χ4n) is 1.32. The number of carbonyl (C=O) groups is 1. The molecule has 0 aromatic carbocycles. The largest absolute Gasteiger partial charge is 0.465 e. The minimum Gasteiger partial charge on any atom is -0.465 e. The van der Waals surface area contributed by atoms with E-state index in [1.807, 2.05) is 24.4 Å². The standard InChI is InChI=1S/C11H12N2O3/c1-2-15-11(14)8-16-10-7-9-5-3-4-6-13(9)12-10/h3-7H,2,8H2,1H3. The van der Waals surface area contributed by atoms with Gasteiger partial charge in [0.1, 0.15) is 0 Å². The Labute approximate surface area is 92.6 Å². The summed E-state index contributed by atoms with van der Waals surface area (Å²) in [5.74, 6) is 0.0267. The van der Waals surface area contributed by atoms with Crippen molar-refractivity contribution in [1.82, 2.24) is 9.61 Å². The van der Waals surface area contributed by atoms with E-state index >= 15 is 0 Å². The first-order chi connectivity index (χ1) is 7.79. The highest BCUT2D eigenvalue weighted by Gasteiger charge is 2.05. The third-order valence-corrected chi connectivity index (χ3v) is 1.99. The molecule has 0 saturated heterocycles. The van der Waals surface area contributed by atoms with E-state index in [4.69, 9.17) is 9.47 Å². The van der Waals surface area contributed by atoms with Crippen LogP contribution in [0.3, 0.4) is 0 Å². The number of aromatic nitrogens is 2. The van der Waals surface area contributed by atoms with E-state index in [0.717, 1.165) is 5.52 Å². The molecule has 2 rings (SSSR count). The van der Waals surface area contributed by atoms with Gasteiger partial charge in [-0.25, -0.2) is 9.31 Å². The van der Waals surface area contributed by atoms with Gasteiger partial charge < -0.3 is 9.47 Å². The molecule has 0 fully saturated rings. The SMILES string of the molecule is CCOC(=O)COc1cc2ccccn2n1. The molecule has 0 unspecified atom stereocenters. The molecule has 0 saturated carbocycles. The molecule has 0 aliphatic carbocycles. The molecule has 0 bridgehead atoms. The van der Waals surface area contributed by atoms with Crippen molar-refractivity contribution < 1.29 is 14.3 Å². The summed E-state index contributed by atoms with van der Waals surface area (Å²) >= 11 is 0. The molecule has 0 aliphatic rings. The molecule has 0 spiro atoms. The van der Waals surface area contributed by atoms with Gasteiger partial charge in [-0.1, -0.05) is 6.07 Å². The lowest BCUT2D eigenvalue weighted by Crippen LogP contribution is -2.14. The Morgan fingerprint density at radius 2 is 2.38 bits per heavy atom. The summed E-state index contributed by atoms with van der Waals surface area (Å²) in [7, 11) is 0. The van der Waals surface area contributed by atoms with Crippen molar-refractivity contribution in [2.45, 2.75) is 6.92 Å². The maximum atomic E-state index is 11.0. The Morgan fingerprint density at radius 1 is 1.50 bits per heavy atom. The number of hydrogen-bond acceptors (Lipinski definition) is 4. The summed E-state index contributed by atoms with van der Waals surface area (Å²) < 4.78 is 11.6. The van der Waals surface area contributed by atoms with Crippen LogP contribution in [0.2, 0.25) is 0 Å². The minimum absolute atomic E-state index is 0.113. The van der Waals surface area contributed by atoms with Gasteiger partial charge in [-0.2, -0.15) is 0 Å². The third kappa shape index (κ3) is 2.31. The highest BCUT2D eigenvalue weighted by molar-refractivity contribution is 5.71. The Bertz CT molecular complexity index is 460. The van der Waals surface area contributed by atoms with Crippen LogP contribution < -0.4 is 4.74 Å². The Morgan fingerprint density at radius 3 is 3.12 bits per heavy atom. The van der Waals surface area contributed by atoms with Crippen LogP contribution in [0.4, 0.5) is 0 Å². The molecule has 2 heterocycles. The molecular weight excluding hydrogens is 208 g/mol. The zero-order chi connectivity index (χ0) is 11.4. The average molecular weight is 220 g/mol. The van der Waals surface area contributed by atoms with E-state index in [9.17, 15) is 4.79 Å². The lowest BCUT2D eigenvalue weighted by atomic mass is 10.4. The molecule has 0 aliphatic heterocycles. The summed E-state index contributed by atoms with van der Waals surface area (Å²) in [4.78, 5) is 11.0. The van der Waals surface area contributed by atoms with Crippen molar-refractivity contribution in [3.05, 3.63) is 30.5 Å². The van der Waals surface area contributed by atoms with Gasteiger partial charge in [-0.15, -0.1) is 5.10 Å². The van der Waals surface area contributed by atoms with Gasteiger partial charge in [0, 0.05) is 12.3 Å². The molecule has 16 heavy (non-hydrogen) atoms. The molecule has 5 nitrogen and oxygen atoms in total. The monoisotopic (exact) mass is 220 g/mol. The predicted molar refractivity (Wildman–Crippen MR) is 57.3 cm³/mol. The number of ether oxygens (including phenoxy) is 2. The summed E-state index contributed by atoms with van der Waals surface area (Å²) in [6.45, 7) is 1.99. The Hall–Kier alpha value is -2.04. The fourth-order valence-corrected chi connectivity index (χ4v) is 1.32. The minimum atomic E-state index is -0.389. The number of pyridine rings is 1. The summed E-state index contributed by atoms with van der Waals surface area (Å²) in [5.41, 5.74) is 0.918. The van der Waals surface area contributed by atoms with E-state index in [-0.39, 0.29) is 12.6 Å². The van der Waals surface area contributed by atoms with E-state index < -0.39 is 0 Å². The Balaban J connectivity index is 2.02. The second kappa shape index (κ2) is 4.65. The lowest BCUT2D eigenvalue weighted by Gasteiger charge is -2.01. The van der Waals surface area contributed by atoms with Crippen LogP contribution in [0.5, 0.6) is 5.88 Å². The normalized spacial score (nSPS) is 10.3. The molecule has 0 amide bonds. The molecule has 5 heteroatoms. The first-order valence-electron chi connectivity index (χ1n) is 5.02. The number of carbonyl (C=O) groups excluding carboxylic acids is 1. The fraction of sp³-hybridized carbons (Fsp3) is 0.273. The predicted octanol–water partition coefficient (Wildman–Crippen LogP) is 1.28. The van der Waals surface area contributed by atoms with Gasteiger partial charge in [-0.05, 0) is 19.1 Å². The molecule has 0 N–H and O–H groups in total. The maximum Gasteiger partial charge on any atom is 0.344 e. The Kier molecular flexibility index (Phi) is 3.05. The summed E-state index contributed by atoms with van der Waals surface area (Å²) in [5, 5.41) is 4.13. The molecule has 84 valence electrons. The van der Waals surface area contributed by atoms with Gasteiger partial charge in [0.25, 0.3) is 0 Å². The first-order valence-corrected chi connectivity index (χ1v) is 5.02. The van der Waals surface area contributed by atoms with Gasteiger partial charge in [0.05, 0.1) is 12.1 Å². The molecule has 2 aromatic heterocycles. The number of esters is 1. The van der Waals surface area contributed by atoms with E-state index in [1.54, 1.807) is 17.5 Å². The highest BCUT2D eigenvalue weighted by Crippen LogP contribution is 2.12. The molecular formula is C11H12N2O3. The van der Waals surface area contributed by atoms with E-state index in [1.165, 1.54) is 0 Å². The smallest absolute Gasteiger partial charge is 0.344 e. The zero-order valence-corrected chi connectivity index (χ0v) is 8.92. The topological polar surface area (TPSA) is 52.8 Å². The second-order valence-electron chi connectivity index (χ2n) is 3.15. The van der Waals surface area contributed by atoms with Crippen molar-refractivity contribution in [1.29, 1.82) is 0 Å². The summed E-state index contributed by atoms with van der Waals surface area (Å²) in [6, 6.07) is 7.45. The molecule has 0 radical (unpaired) electrons. The van der Waals surface area contributed by atoms with Crippen LogP contribution >= 0.6 is 0 Å². The molecule has 0 atom stereocenters. The van der Waals surface area contributed by atoms with Crippen LogP contribution in [-0.4, -0.2) is 28.8 Å². The van der Waals surface area contributed by atoms with Crippen molar-refractivity contribution in [2.24, 2.45) is 0 Å². The van der Waals surface area contributed by atoms with Gasteiger partial charge in [0.2, 0.25) is 5.88 Å². The first kappa shape index (κ1) is 10.5. The lowest BCUT2D eigenvalue weighted by molar-refractivity contribution is -0.145. The maximum absolute atomic E-state index is 11.0. The van der Waals surface area contributed by atoms with Crippen molar-refractivity contribution in [3.8, 4) is 5.88 Å². The van der Waals surface area contributed by atoms with Crippen LogP contribution in [0.1, 0.15) is 6.92 Å². The van der Waals surface area contributed by atoms with Crippen LogP contribution in [0.15, 0.2) is 30.5 Å². The number of hydrogen-bond donors (Lipinski definition) is 0. The summed E-state index contributed by atoms with van der Waals surface area (Å²) in [6.07, 6.45) is 1.81. The van der Waals surface area contributed by atoms with Crippen LogP contribution in [-0.2, 0) is 9.53 Å². The van der Waals surface area contributed by atoms with E-state index in [2.05, 4.69) is 5.10 Å². The number of fused-ring (bicyclic) bond motifs is 1. The van der Waals surface area contributed by atoms with Crippen LogP contribution in [0.25, 0.3) is 5.52 Å². The zero-order valence-electron chi connectivity index (χ0n) is 8.92. The number of rotatable bonds is 4. The molecule has 2 aromatic rings. The second-order valence-corrected chi connectivity index (χ2v) is 3.15. The van der Waals surface area contributed by atoms with E-state index in [0.29, 0.717) is 12.5 Å². The quantitative estimate of drug-likeness (QED) is 0.728. The van der Waals surface area contributed by atoms with Crippen LogP contribution in [0, 0.1) is 0 Å². The third-order valence-electron chi connectivity index (χ3n) is 1.99. The van der Waals surface area contributed by atoms with Crippen molar-refractivity contribution in [3.63, 3.8) is 0 Å². The average Bonchev–Trinajstić information content (AvgIpc) is 2.69. The van der Waals surface area contributed by atoms with Gasteiger partial charge >= 0.3 is 5.97 Å². The van der Waals surface area contributed by atoms with Crippen molar-refractivity contribution >= 4 is 11.5 Å². The van der Waals surface area contributed by atoms with Gasteiger partial charge in [0.15, 0.2) is 6.61 Å². The van der Waals surface area contributed by atoms with Crippen molar-refractivity contribution in [2.75, 3.05) is 13.2 Å².